The summed E-state index contributed by atoms with van der Waals surface area (Å²) in [5, 5.41) is 5.76. The molecule has 1 aliphatic rings. The van der Waals surface area contributed by atoms with Crippen molar-refractivity contribution in [1.82, 2.24) is 4.98 Å². The van der Waals surface area contributed by atoms with E-state index in [0.717, 1.165) is 5.69 Å². The largest absolute Gasteiger partial charge is 0.477 e. The van der Waals surface area contributed by atoms with Crippen LogP contribution in [0.3, 0.4) is 0 Å². The number of hydrogen-bond acceptors (Lipinski definition) is 4. The van der Waals surface area contributed by atoms with Crippen LogP contribution in [-0.4, -0.2) is 23.5 Å². The Balaban J connectivity index is 1.68. The van der Waals surface area contributed by atoms with Crippen molar-refractivity contribution >= 4 is 17.3 Å². The Morgan fingerprint density at radius 3 is 3.00 bits per heavy atom. The predicted molar refractivity (Wildman–Crippen MR) is 72.2 cm³/mol. The molecule has 0 radical (unpaired) electrons. The molecular weight excluding hydrogens is 261 g/mol. The zero-order chi connectivity index (χ0) is 13.9. The van der Waals surface area contributed by atoms with E-state index in [9.17, 15) is 9.18 Å². The highest BCUT2D eigenvalue weighted by atomic mass is 19.1. The summed E-state index contributed by atoms with van der Waals surface area (Å²) in [7, 11) is 0. The number of hydrogen-bond donors (Lipinski definition) is 2. The zero-order valence-electron chi connectivity index (χ0n) is 10.5. The van der Waals surface area contributed by atoms with Crippen LogP contribution in [0.1, 0.15) is 0 Å². The minimum absolute atomic E-state index is 0.305. The number of aromatic nitrogens is 1. The van der Waals surface area contributed by atoms with Gasteiger partial charge in [-0.25, -0.2) is 4.98 Å². The Labute approximate surface area is 114 Å². The summed E-state index contributed by atoms with van der Waals surface area (Å²) in [4.78, 5) is 15.5. The highest BCUT2D eigenvalue weighted by molar-refractivity contribution is 5.95. The van der Waals surface area contributed by atoms with Crippen molar-refractivity contribution in [3.05, 3.63) is 48.5 Å². The smallest absolute Gasteiger partial charge is 0.267 e. The summed E-state index contributed by atoms with van der Waals surface area (Å²) in [6, 6.07) is 10.0. The first-order chi connectivity index (χ1) is 9.72. The highest BCUT2D eigenvalue weighted by Crippen LogP contribution is 2.28. The molecule has 2 heterocycles. The molecule has 0 spiro atoms. The summed E-state index contributed by atoms with van der Waals surface area (Å²) in [5.74, 6) is -0.260. The van der Waals surface area contributed by atoms with Gasteiger partial charge in [0.25, 0.3) is 5.91 Å². The molecule has 0 bridgehead atoms. The molecule has 2 aromatic rings. The van der Waals surface area contributed by atoms with Crippen LogP contribution in [0.2, 0.25) is 0 Å². The fourth-order valence-corrected chi connectivity index (χ4v) is 1.93. The number of anilines is 2. The Morgan fingerprint density at radius 1 is 1.35 bits per heavy atom. The Morgan fingerprint density at radius 2 is 2.20 bits per heavy atom. The Hall–Kier alpha value is -2.63. The van der Waals surface area contributed by atoms with Gasteiger partial charge in [0.1, 0.15) is 5.75 Å². The minimum Gasteiger partial charge on any atom is -0.477 e. The van der Waals surface area contributed by atoms with Crippen molar-refractivity contribution in [2.24, 2.45) is 0 Å². The number of ether oxygens (including phenoxy) is 1. The van der Waals surface area contributed by atoms with Crippen molar-refractivity contribution in [3.63, 3.8) is 0 Å². The first kappa shape index (κ1) is 12.4. The molecule has 0 saturated carbocycles. The third kappa shape index (κ3) is 2.54. The molecule has 1 aromatic heterocycles. The first-order valence-corrected chi connectivity index (χ1v) is 6.14. The topological polar surface area (TPSA) is 63.2 Å². The van der Waals surface area contributed by atoms with Gasteiger partial charge in [-0.1, -0.05) is 12.1 Å². The fraction of sp³-hybridized carbons (Fsp3) is 0.143. The van der Waals surface area contributed by atoms with E-state index in [2.05, 4.69) is 15.6 Å². The first-order valence-electron chi connectivity index (χ1n) is 6.14. The summed E-state index contributed by atoms with van der Waals surface area (Å²) in [6.45, 7) is 0.372. The lowest BCUT2D eigenvalue weighted by atomic mass is 10.2. The maximum atomic E-state index is 12.7. The molecule has 1 atom stereocenters. The quantitative estimate of drug-likeness (QED) is 0.822. The summed E-state index contributed by atoms with van der Waals surface area (Å²) in [6.07, 6.45) is 0.618. The van der Waals surface area contributed by atoms with Gasteiger partial charge in [-0.3, -0.25) is 4.79 Å². The third-order valence-electron chi connectivity index (χ3n) is 2.92. The number of halogens is 1. The molecule has 1 aromatic carbocycles. The average Bonchev–Trinajstić information content (AvgIpc) is 2.49. The van der Waals surface area contributed by atoms with Crippen LogP contribution in [0.15, 0.2) is 42.6 Å². The van der Waals surface area contributed by atoms with Crippen molar-refractivity contribution < 1.29 is 13.9 Å². The molecule has 102 valence electrons. The number of amides is 1. The molecule has 1 unspecified atom stereocenters. The Bertz CT molecular complexity index is 631. The van der Waals surface area contributed by atoms with E-state index in [4.69, 9.17) is 4.74 Å². The number of fused-ring (bicyclic) bond motifs is 1. The van der Waals surface area contributed by atoms with Gasteiger partial charge >= 0.3 is 0 Å². The number of nitrogens with zero attached hydrogens (tertiary/aromatic N) is 1. The number of nitrogens with one attached hydrogen (secondary N) is 2. The molecular formula is C14H12FN3O2. The fourth-order valence-electron chi connectivity index (χ4n) is 1.93. The van der Waals surface area contributed by atoms with Crippen LogP contribution in [0.5, 0.6) is 5.75 Å². The number of carbonyl (C=O) groups excluding carboxylic acids is 1. The number of rotatable bonds is 2. The van der Waals surface area contributed by atoms with E-state index in [0.29, 0.717) is 18.0 Å². The second kappa shape index (κ2) is 5.16. The predicted octanol–water partition coefficient (Wildman–Crippen LogP) is 2.03. The van der Waals surface area contributed by atoms with Crippen LogP contribution in [0.4, 0.5) is 15.8 Å². The van der Waals surface area contributed by atoms with Gasteiger partial charge in [-0.05, 0) is 24.3 Å². The summed E-state index contributed by atoms with van der Waals surface area (Å²) in [5.41, 5.74) is 1.29. The van der Waals surface area contributed by atoms with E-state index in [1.54, 1.807) is 6.07 Å². The average molecular weight is 273 g/mol. The van der Waals surface area contributed by atoms with Crippen molar-refractivity contribution in [2.45, 2.75) is 6.10 Å². The molecule has 5 nitrogen and oxygen atoms in total. The van der Waals surface area contributed by atoms with E-state index in [1.165, 1.54) is 18.3 Å². The van der Waals surface area contributed by atoms with Gasteiger partial charge in [0.2, 0.25) is 5.95 Å². The van der Waals surface area contributed by atoms with Gasteiger partial charge in [0.05, 0.1) is 24.1 Å². The number of carbonyl (C=O) groups is 1. The lowest BCUT2D eigenvalue weighted by Gasteiger charge is -2.26. The second-order valence-electron chi connectivity index (χ2n) is 4.34. The summed E-state index contributed by atoms with van der Waals surface area (Å²) >= 11 is 0. The third-order valence-corrected chi connectivity index (χ3v) is 2.92. The standard InChI is InChI=1S/C14H12FN3O2/c15-13-6-5-9(7-17-13)18-14(19)12-8-16-10-3-1-2-4-11(10)20-12/h1-7,12,16H,8H2,(H,18,19). The van der Waals surface area contributed by atoms with Crippen LogP contribution in [0, 0.1) is 5.95 Å². The molecule has 3 rings (SSSR count). The van der Waals surface area contributed by atoms with E-state index in [-0.39, 0.29) is 5.91 Å². The Kier molecular flexibility index (Phi) is 3.20. The summed E-state index contributed by atoms with van der Waals surface area (Å²) < 4.78 is 18.3. The molecule has 6 heteroatoms. The van der Waals surface area contributed by atoms with Crippen molar-refractivity contribution in [1.29, 1.82) is 0 Å². The zero-order valence-corrected chi connectivity index (χ0v) is 10.5. The normalized spacial score (nSPS) is 16.6. The molecule has 0 aliphatic carbocycles. The lowest BCUT2D eigenvalue weighted by molar-refractivity contribution is -0.122. The minimum atomic E-state index is -0.644. The van der Waals surface area contributed by atoms with E-state index < -0.39 is 12.1 Å². The number of pyridine rings is 1. The molecule has 20 heavy (non-hydrogen) atoms. The molecule has 1 aliphatic heterocycles. The van der Waals surface area contributed by atoms with Crippen LogP contribution in [0.25, 0.3) is 0 Å². The van der Waals surface area contributed by atoms with Gasteiger partial charge < -0.3 is 15.4 Å². The number of benzene rings is 1. The van der Waals surface area contributed by atoms with Crippen LogP contribution < -0.4 is 15.4 Å². The van der Waals surface area contributed by atoms with Gasteiger partial charge in [0.15, 0.2) is 6.10 Å². The van der Waals surface area contributed by atoms with Gasteiger partial charge in [-0.15, -0.1) is 0 Å². The molecule has 2 N–H and O–H groups in total. The maximum absolute atomic E-state index is 12.7. The monoisotopic (exact) mass is 273 g/mol. The van der Waals surface area contributed by atoms with Crippen molar-refractivity contribution in [3.8, 4) is 5.75 Å². The van der Waals surface area contributed by atoms with Crippen LogP contribution >= 0.6 is 0 Å². The SMILES string of the molecule is O=C(Nc1ccc(F)nc1)C1CNc2ccccc2O1. The molecule has 0 saturated heterocycles. The molecule has 1 amide bonds. The van der Waals surface area contributed by atoms with E-state index in [1.807, 2.05) is 18.2 Å². The van der Waals surface area contributed by atoms with Gasteiger partial charge in [-0.2, -0.15) is 4.39 Å². The lowest BCUT2D eigenvalue weighted by Crippen LogP contribution is -2.41. The maximum Gasteiger partial charge on any atom is 0.267 e. The molecule has 0 fully saturated rings. The number of para-hydroxylation sites is 2. The van der Waals surface area contributed by atoms with E-state index >= 15 is 0 Å². The highest BCUT2D eigenvalue weighted by Gasteiger charge is 2.25. The second-order valence-corrected chi connectivity index (χ2v) is 4.34. The van der Waals surface area contributed by atoms with Crippen LogP contribution in [-0.2, 0) is 4.79 Å². The van der Waals surface area contributed by atoms with Crippen molar-refractivity contribution in [2.75, 3.05) is 17.2 Å². The van der Waals surface area contributed by atoms with Gasteiger partial charge in [0, 0.05) is 0 Å².